The fourth-order valence-electron chi connectivity index (χ4n) is 1.24. The normalized spacial score (nSPS) is 13.4. The third kappa shape index (κ3) is 12.7. The van der Waals surface area contributed by atoms with Gasteiger partial charge in [0.1, 0.15) is 0 Å². The minimum Gasteiger partial charge on any atom is -0.380 e. The fourth-order valence-corrected chi connectivity index (χ4v) is 1.24. The first kappa shape index (κ1) is 21.3. The van der Waals surface area contributed by atoms with E-state index in [1.807, 2.05) is 0 Å². The van der Waals surface area contributed by atoms with E-state index in [0.29, 0.717) is 17.9 Å². The minimum atomic E-state index is 0. The largest absolute Gasteiger partial charge is 0.380 e. The monoisotopic (exact) mass is 385 g/mol. The second-order valence-corrected chi connectivity index (χ2v) is 5.47. The maximum Gasteiger partial charge on any atom is 0.191 e. The van der Waals surface area contributed by atoms with Crippen LogP contribution in [0.15, 0.2) is 4.99 Å². The van der Waals surface area contributed by atoms with Crippen LogP contribution in [0.5, 0.6) is 0 Å². The molecule has 0 aromatic carbocycles. The summed E-state index contributed by atoms with van der Waals surface area (Å²) in [5.74, 6) is 2.15. The highest BCUT2D eigenvalue weighted by molar-refractivity contribution is 14.0. The van der Waals surface area contributed by atoms with Crippen LogP contribution >= 0.6 is 24.0 Å². The highest BCUT2D eigenvalue weighted by Crippen LogP contribution is 1.99. The molecule has 0 saturated heterocycles. The van der Waals surface area contributed by atoms with Crippen molar-refractivity contribution in [2.75, 3.05) is 26.8 Å². The van der Waals surface area contributed by atoms with Gasteiger partial charge in [-0.2, -0.15) is 0 Å². The smallest absolute Gasteiger partial charge is 0.191 e. The molecule has 0 spiro atoms. The van der Waals surface area contributed by atoms with Crippen molar-refractivity contribution in [3.05, 3.63) is 0 Å². The summed E-state index contributed by atoms with van der Waals surface area (Å²) in [6.07, 6.45) is 1.12. The van der Waals surface area contributed by atoms with Gasteiger partial charge in [0.25, 0.3) is 0 Å². The second kappa shape index (κ2) is 13.0. The van der Waals surface area contributed by atoms with E-state index in [1.54, 1.807) is 7.05 Å². The molecule has 0 bridgehead atoms. The van der Waals surface area contributed by atoms with Gasteiger partial charge in [-0.1, -0.05) is 27.7 Å². The Hall–Kier alpha value is -0.0400. The lowest BCUT2D eigenvalue weighted by Gasteiger charge is -2.20. The molecule has 0 heterocycles. The number of aliphatic imine (C=N–C) groups is 1. The summed E-state index contributed by atoms with van der Waals surface area (Å²) in [6.45, 7) is 13.3. The summed E-state index contributed by atoms with van der Waals surface area (Å²) < 4.78 is 5.55. The highest BCUT2D eigenvalue weighted by Gasteiger charge is 2.08. The third-order valence-corrected chi connectivity index (χ3v) is 2.97. The SMILES string of the molecule is CN=C(NCCOCCC(C)C)NC(C)C(C)C.I. The highest BCUT2D eigenvalue weighted by atomic mass is 127. The standard InChI is InChI=1S/C14H31N3O.HI/c1-11(2)7-9-18-10-8-16-14(15-6)17-13(5)12(3)4;/h11-13H,7-10H2,1-6H3,(H2,15,16,17);1H. The van der Waals surface area contributed by atoms with Crippen LogP contribution in [0.4, 0.5) is 0 Å². The Morgan fingerprint density at radius 1 is 1.11 bits per heavy atom. The molecule has 0 saturated carbocycles. The molecule has 0 radical (unpaired) electrons. The molecule has 0 rings (SSSR count). The van der Waals surface area contributed by atoms with Crippen molar-refractivity contribution in [3.63, 3.8) is 0 Å². The lowest BCUT2D eigenvalue weighted by molar-refractivity contribution is 0.128. The van der Waals surface area contributed by atoms with Crippen molar-refractivity contribution in [1.29, 1.82) is 0 Å². The van der Waals surface area contributed by atoms with E-state index in [4.69, 9.17) is 4.74 Å². The fraction of sp³-hybridized carbons (Fsp3) is 0.929. The molecule has 116 valence electrons. The first-order valence-corrected chi connectivity index (χ1v) is 7.02. The molecule has 19 heavy (non-hydrogen) atoms. The number of guanidine groups is 1. The topological polar surface area (TPSA) is 45.7 Å². The van der Waals surface area contributed by atoms with E-state index in [2.05, 4.69) is 50.2 Å². The molecule has 2 N–H and O–H groups in total. The van der Waals surface area contributed by atoms with Crippen LogP contribution < -0.4 is 10.6 Å². The van der Waals surface area contributed by atoms with Gasteiger partial charge in [0, 0.05) is 26.2 Å². The number of hydrogen-bond donors (Lipinski definition) is 2. The zero-order valence-corrected chi connectivity index (χ0v) is 15.7. The lowest BCUT2D eigenvalue weighted by Crippen LogP contribution is -2.45. The summed E-state index contributed by atoms with van der Waals surface area (Å²) in [6, 6.07) is 0.415. The quantitative estimate of drug-likeness (QED) is 0.292. The number of ether oxygens (including phenoxy) is 1. The van der Waals surface area contributed by atoms with Gasteiger partial charge in [-0.3, -0.25) is 4.99 Å². The van der Waals surface area contributed by atoms with E-state index in [0.717, 1.165) is 32.1 Å². The van der Waals surface area contributed by atoms with Gasteiger partial charge >= 0.3 is 0 Å². The van der Waals surface area contributed by atoms with Gasteiger partial charge in [-0.15, -0.1) is 24.0 Å². The van der Waals surface area contributed by atoms with Crippen LogP contribution in [0.25, 0.3) is 0 Å². The van der Waals surface area contributed by atoms with E-state index in [9.17, 15) is 0 Å². The average molecular weight is 385 g/mol. The zero-order chi connectivity index (χ0) is 14.0. The molecule has 1 unspecified atom stereocenters. The van der Waals surface area contributed by atoms with Gasteiger partial charge < -0.3 is 15.4 Å². The molecule has 4 nitrogen and oxygen atoms in total. The molecule has 0 aromatic rings. The van der Waals surface area contributed by atoms with E-state index in [-0.39, 0.29) is 24.0 Å². The van der Waals surface area contributed by atoms with E-state index < -0.39 is 0 Å². The predicted molar refractivity (Wildman–Crippen MR) is 94.5 cm³/mol. The third-order valence-electron chi connectivity index (χ3n) is 2.97. The zero-order valence-electron chi connectivity index (χ0n) is 13.3. The van der Waals surface area contributed by atoms with Crippen molar-refractivity contribution < 1.29 is 4.74 Å². The number of nitrogens with one attached hydrogen (secondary N) is 2. The summed E-state index contributed by atoms with van der Waals surface area (Å²) in [5, 5.41) is 6.62. The summed E-state index contributed by atoms with van der Waals surface area (Å²) in [7, 11) is 1.79. The molecule has 0 aliphatic heterocycles. The van der Waals surface area contributed by atoms with Crippen molar-refractivity contribution in [2.24, 2.45) is 16.8 Å². The van der Waals surface area contributed by atoms with Gasteiger partial charge in [-0.05, 0) is 25.2 Å². The Labute approximate surface area is 136 Å². The average Bonchev–Trinajstić information content (AvgIpc) is 2.31. The van der Waals surface area contributed by atoms with Gasteiger partial charge in [0.05, 0.1) is 6.61 Å². The Morgan fingerprint density at radius 3 is 2.21 bits per heavy atom. The van der Waals surface area contributed by atoms with Crippen LogP contribution in [0, 0.1) is 11.8 Å². The molecule has 0 aliphatic rings. The van der Waals surface area contributed by atoms with Crippen molar-refractivity contribution in [3.8, 4) is 0 Å². The van der Waals surface area contributed by atoms with Gasteiger partial charge in [0.15, 0.2) is 5.96 Å². The first-order valence-electron chi connectivity index (χ1n) is 7.02. The Kier molecular flexibility index (Phi) is 14.5. The maximum atomic E-state index is 5.55. The molecule has 1 atom stereocenters. The summed E-state index contributed by atoms with van der Waals surface area (Å²) in [5.41, 5.74) is 0. The van der Waals surface area contributed by atoms with Crippen LogP contribution in [0.1, 0.15) is 41.0 Å². The minimum absolute atomic E-state index is 0. The number of hydrogen-bond acceptors (Lipinski definition) is 2. The Balaban J connectivity index is 0. The lowest BCUT2D eigenvalue weighted by atomic mass is 10.1. The number of halogens is 1. The molecule has 5 heteroatoms. The van der Waals surface area contributed by atoms with Gasteiger partial charge in [0.2, 0.25) is 0 Å². The number of nitrogens with zero attached hydrogens (tertiary/aromatic N) is 1. The number of rotatable bonds is 8. The Morgan fingerprint density at radius 2 is 1.74 bits per heavy atom. The Bertz CT molecular complexity index is 233. The summed E-state index contributed by atoms with van der Waals surface area (Å²) in [4.78, 5) is 4.20. The molecule has 0 aliphatic carbocycles. The van der Waals surface area contributed by atoms with Crippen LogP contribution in [-0.4, -0.2) is 38.8 Å². The predicted octanol–water partition coefficient (Wildman–Crippen LogP) is 2.88. The summed E-state index contributed by atoms with van der Waals surface area (Å²) >= 11 is 0. The molecule has 0 fully saturated rings. The van der Waals surface area contributed by atoms with Crippen LogP contribution in [-0.2, 0) is 4.74 Å². The van der Waals surface area contributed by atoms with Crippen LogP contribution in [0.3, 0.4) is 0 Å². The maximum absolute atomic E-state index is 5.55. The van der Waals surface area contributed by atoms with Gasteiger partial charge in [-0.25, -0.2) is 0 Å². The molecule has 0 amide bonds. The molecule has 0 aromatic heterocycles. The van der Waals surface area contributed by atoms with Crippen molar-refractivity contribution >= 4 is 29.9 Å². The second-order valence-electron chi connectivity index (χ2n) is 5.47. The molecular formula is C14H32IN3O. The first-order chi connectivity index (χ1) is 8.47. The van der Waals surface area contributed by atoms with Crippen molar-refractivity contribution in [1.82, 2.24) is 10.6 Å². The van der Waals surface area contributed by atoms with Crippen LogP contribution in [0.2, 0.25) is 0 Å². The van der Waals surface area contributed by atoms with Crippen molar-refractivity contribution in [2.45, 2.75) is 47.1 Å². The van der Waals surface area contributed by atoms with E-state index in [1.165, 1.54) is 0 Å². The van der Waals surface area contributed by atoms with E-state index >= 15 is 0 Å². The molecular weight excluding hydrogens is 353 g/mol.